The van der Waals surface area contributed by atoms with Gasteiger partial charge in [0.2, 0.25) is 5.91 Å². The molecule has 2 rings (SSSR count). The van der Waals surface area contributed by atoms with E-state index in [1.54, 1.807) is 0 Å². The van der Waals surface area contributed by atoms with Gasteiger partial charge in [0.25, 0.3) is 0 Å². The van der Waals surface area contributed by atoms with Crippen molar-refractivity contribution in [3.05, 3.63) is 0 Å². The number of amides is 1. The summed E-state index contributed by atoms with van der Waals surface area (Å²) in [6, 6.07) is 1.00. The summed E-state index contributed by atoms with van der Waals surface area (Å²) in [5.74, 6) is 0.227. The van der Waals surface area contributed by atoms with Crippen molar-refractivity contribution in [1.82, 2.24) is 10.2 Å². The molecule has 0 aromatic rings. The van der Waals surface area contributed by atoms with Crippen LogP contribution in [0.1, 0.15) is 25.7 Å². The minimum atomic E-state index is 0.227. The molecule has 4 nitrogen and oxygen atoms in total. The van der Waals surface area contributed by atoms with Crippen LogP contribution in [0.25, 0.3) is 0 Å². The average molecular weight is 197 g/mol. The van der Waals surface area contributed by atoms with Gasteiger partial charge in [-0.1, -0.05) is 0 Å². The van der Waals surface area contributed by atoms with E-state index in [1.165, 1.54) is 12.8 Å². The number of nitrogens with zero attached hydrogens (tertiary/aromatic N) is 1. The fourth-order valence-corrected chi connectivity index (χ4v) is 2.62. The third-order valence-electron chi connectivity index (χ3n) is 3.32. The minimum absolute atomic E-state index is 0.227. The Morgan fingerprint density at radius 1 is 1.50 bits per heavy atom. The SMILES string of the molecule is NCCN1C(=O)CNC2CCCC1C2. The molecule has 4 heteroatoms. The number of fused-ring (bicyclic) bond motifs is 2. The molecule has 1 heterocycles. The quantitative estimate of drug-likeness (QED) is 0.638. The highest BCUT2D eigenvalue weighted by Crippen LogP contribution is 2.25. The van der Waals surface area contributed by atoms with Crippen LogP contribution in [0.4, 0.5) is 0 Å². The molecule has 0 spiro atoms. The Labute approximate surface area is 84.8 Å². The molecule has 2 unspecified atom stereocenters. The summed E-state index contributed by atoms with van der Waals surface area (Å²) in [6.07, 6.45) is 4.73. The minimum Gasteiger partial charge on any atom is -0.337 e. The molecule has 0 aromatic carbocycles. The van der Waals surface area contributed by atoms with Gasteiger partial charge in [-0.3, -0.25) is 4.79 Å². The van der Waals surface area contributed by atoms with Crippen molar-refractivity contribution in [3.8, 4) is 0 Å². The predicted molar refractivity (Wildman–Crippen MR) is 54.8 cm³/mol. The summed E-state index contributed by atoms with van der Waals surface area (Å²) in [5.41, 5.74) is 5.53. The first kappa shape index (κ1) is 9.93. The molecule has 1 saturated heterocycles. The number of rotatable bonds is 2. The molecule has 3 N–H and O–H groups in total. The molecule has 1 amide bonds. The first-order valence-corrected chi connectivity index (χ1v) is 5.54. The van der Waals surface area contributed by atoms with Crippen LogP contribution in [0, 0.1) is 0 Å². The molecule has 1 saturated carbocycles. The Morgan fingerprint density at radius 2 is 2.36 bits per heavy atom. The van der Waals surface area contributed by atoms with Gasteiger partial charge >= 0.3 is 0 Å². The van der Waals surface area contributed by atoms with E-state index in [1.807, 2.05) is 4.90 Å². The number of nitrogens with two attached hydrogens (primary N) is 1. The smallest absolute Gasteiger partial charge is 0.236 e. The van der Waals surface area contributed by atoms with Gasteiger partial charge in [0.1, 0.15) is 0 Å². The van der Waals surface area contributed by atoms with E-state index in [0.29, 0.717) is 25.2 Å². The van der Waals surface area contributed by atoms with Crippen LogP contribution >= 0.6 is 0 Å². The molecular formula is C10H19N3O. The van der Waals surface area contributed by atoms with Crippen LogP contribution in [0.15, 0.2) is 0 Å². The van der Waals surface area contributed by atoms with E-state index in [9.17, 15) is 4.79 Å². The highest BCUT2D eigenvalue weighted by molar-refractivity contribution is 5.79. The zero-order valence-electron chi connectivity index (χ0n) is 8.54. The molecule has 14 heavy (non-hydrogen) atoms. The van der Waals surface area contributed by atoms with E-state index >= 15 is 0 Å². The molecule has 2 bridgehead atoms. The maximum Gasteiger partial charge on any atom is 0.236 e. The molecule has 0 radical (unpaired) electrons. The van der Waals surface area contributed by atoms with Gasteiger partial charge in [0.05, 0.1) is 6.54 Å². The summed E-state index contributed by atoms with van der Waals surface area (Å²) in [7, 11) is 0. The lowest BCUT2D eigenvalue weighted by atomic mass is 9.91. The summed E-state index contributed by atoms with van der Waals surface area (Å²) in [5, 5.41) is 3.32. The van der Waals surface area contributed by atoms with Crippen molar-refractivity contribution in [1.29, 1.82) is 0 Å². The Kier molecular flexibility index (Phi) is 3.03. The van der Waals surface area contributed by atoms with Gasteiger partial charge < -0.3 is 16.0 Å². The van der Waals surface area contributed by atoms with E-state index in [-0.39, 0.29) is 5.91 Å². The Bertz CT molecular complexity index is 219. The van der Waals surface area contributed by atoms with Gasteiger partial charge in [0.15, 0.2) is 0 Å². The van der Waals surface area contributed by atoms with E-state index in [2.05, 4.69) is 5.32 Å². The third-order valence-corrected chi connectivity index (χ3v) is 3.32. The fourth-order valence-electron chi connectivity index (χ4n) is 2.62. The number of hydrogen-bond acceptors (Lipinski definition) is 3. The van der Waals surface area contributed by atoms with Gasteiger partial charge in [-0.15, -0.1) is 0 Å². The van der Waals surface area contributed by atoms with Crippen molar-refractivity contribution in [3.63, 3.8) is 0 Å². The van der Waals surface area contributed by atoms with Crippen LogP contribution in [-0.2, 0) is 4.79 Å². The van der Waals surface area contributed by atoms with Crippen LogP contribution in [0.5, 0.6) is 0 Å². The lowest BCUT2D eigenvalue weighted by Crippen LogP contribution is -2.44. The van der Waals surface area contributed by atoms with Crippen molar-refractivity contribution in [2.75, 3.05) is 19.6 Å². The molecule has 2 atom stereocenters. The van der Waals surface area contributed by atoms with Gasteiger partial charge in [-0.05, 0) is 25.7 Å². The molecule has 1 aliphatic carbocycles. The second-order valence-corrected chi connectivity index (χ2v) is 4.27. The zero-order chi connectivity index (χ0) is 9.97. The topological polar surface area (TPSA) is 58.4 Å². The molecule has 2 fully saturated rings. The molecule has 80 valence electrons. The summed E-state index contributed by atoms with van der Waals surface area (Å²) >= 11 is 0. The molecule has 2 aliphatic rings. The highest BCUT2D eigenvalue weighted by atomic mass is 16.2. The summed E-state index contributed by atoms with van der Waals surface area (Å²) in [4.78, 5) is 13.7. The van der Waals surface area contributed by atoms with Gasteiger partial charge in [-0.2, -0.15) is 0 Å². The maximum atomic E-state index is 11.8. The van der Waals surface area contributed by atoms with Crippen molar-refractivity contribution in [2.24, 2.45) is 5.73 Å². The van der Waals surface area contributed by atoms with Crippen molar-refractivity contribution in [2.45, 2.75) is 37.8 Å². The maximum absolute atomic E-state index is 11.8. The van der Waals surface area contributed by atoms with Crippen molar-refractivity contribution < 1.29 is 4.79 Å². The number of carbonyl (C=O) groups is 1. The van der Waals surface area contributed by atoms with Crippen LogP contribution in [-0.4, -0.2) is 42.5 Å². The van der Waals surface area contributed by atoms with E-state index in [0.717, 1.165) is 19.4 Å². The van der Waals surface area contributed by atoms with Crippen LogP contribution < -0.4 is 11.1 Å². The van der Waals surface area contributed by atoms with Crippen molar-refractivity contribution >= 4 is 5.91 Å². The first-order chi connectivity index (χ1) is 6.81. The van der Waals surface area contributed by atoms with E-state index < -0.39 is 0 Å². The third kappa shape index (κ3) is 1.91. The Morgan fingerprint density at radius 3 is 3.14 bits per heavy atom. The van der Waals surface area contributed by atoms with Gasteiger partial charge in [-0.25, -0.2) is 0 Å². The monoisotopic (exact) mass is 197 g/mol. The van der Waals surface area contributed by atoms with E-state index in [4.69, 9.17) is 5.73 Å². The lowest BCUT2D eigenvalue weighted by molar-refractivity contribution is -0.131. The largest absolute Gasteiger partial charge is 0.337 e. The molecular weight excluding hydrogens is 178 g/mol. The normalized spacial score (nSPS) is 32.9. The molecule has 0 aromatic heterocycles. The van der Waals surface area contributed by atoms with Gasteiger partial charge in [0, 0.05) is 25.2 Å². The number of carbonyl (C=O) groups excluding carboxylic acids is 1. The molecule has 1 aliphatic heterocycles. The second kappa shape index (κ2) is 4.28. The Hall–Kier alpha value is -0.610. The predicted octanol–water partition coefficient (Wildman–Crippen LogP) is -0.312. The lowest BCUT2D eigenvalue weighted by Gasteiger charge is -2.33. The zero-order valence-corrected chi connectivity index (χ0v) is 8.54. The number of hydrogen-bond donors (Lipinski definition) is 2. The standard InChI is InChI=1S/C10H19N3O/c11-4-5-13-9-3-1-2-8(6-9)12-7-10(13)14/h8-9,12H,1-7,11H2. The Balaban J connectivity index is 2.07. The van der Waals surface area contributed by atoms with Crippen LogP contribution in [0.3, 0.4) is 0 Å². The average Bonchev–Trinajstić information content (AvgIpc) is 2.31. The second-order valence-electron chi connectivity index (χ2n) is 4.27. The fraction of sp³-hybridized carbons (Fsp3) is 0.900. The van der Waals surface area contributed by atoms with Crippen LogP contribution in [0.2, 0.25) is 0 Å². The summed E-state index contributed by atoms with van der Waals surface area (Å²) < 4.78 is 0. The summed E-state index contributed by atoms with van der Waals surface area (Å²) in [6.45, 7) is 1.80. The highest BCUT2D eigenvalue weighted by Gasteiger charge is 2.32. The first-order valence-electron chi connectivity index (χ1n) is 5.54. The number of nitrogens with one attached hydrogen (secondary N) is 1.